The molecular weight excluding hydrogens is 216 g/mol. The minimum Gasteiger partial charge on any atom is -0.467 e. The molecule has 0 spiro atoms. The molecular formula is C13H20N2O2. The Morgan fingerprint density at radius 2 is 2.18 bits per heavy atom. The third-order valence-electron chi connectivity index (χ3n) is 3.47. The van der Waals surface area contributed by atoms with Gasteiger partial charge in [-0.3, -0.25) is 4.79 Å². The molecule has 0 radical (unpaired) electrons. The van der Waals surface area contributed by atoms with Crippen LogP contribution in [0.2, 0.25) is 0 Å². The second-order valence-corrected chi connectivity index (χ2v) is 4.86. The van der Waals surface area contributed by atoms with Gasteiger partial charge in [0, 0.05) is 12.0 Å². The smallest absolute Gasteiger partial charge is 0.223 e. The number of carbonyl (C=O) groups is 1. The number of hydrogen-bond acceptors (Lipinski definition) is 3. The molecule has 1 fully saturated rings. The summed E-state index contributed by atoms with van der Waals surface area (Å²) in [5.41, 5.74) is 5.83. The molecule has 1 saturated carbocycles. The van der Waals surface area contributed by atoms with Gasteiger partial charge in [-0.15, -0.1) is 0 Å². The van der Waals surface area contributed by atoms with Crippen LogP contribution in [0.15, 0.2) is 22.8 Å². The maximum atomic E-state index is 12.0. The maximum absolute atomic E-state index is 12.0. The van der Waals surface area contributed by atoms with Gasteiger partial charge in [0.15, 0.2) is 0 Å². The molecule has 1 aromatic rings. The summed E-state index contributed by atoms with van der Waals surface area (Å²) in [4.78, 5) is 12.0. The van der Waals surface area contributed by atoms with Gasteiger partial charge in [0.1, 0.15) is 5.76 Å². The third-order valence-corrected chi connectivity index (χ3v) is 3.47. The average Bonchev–Trinajstić information content (AvgIpc) is 2.83. The molecule has 1 atom stereocenters. The Labute approximate surface area is 102 Å². The van der Waals surface area contributed by atoms with Gasteiger partial charge >= 0.3 is 0 Å². The molecule has 1 aromatic heterocycles. The average molecular weight is 236 g/mol. The van der Waals surface area contributed by atoms with E-state index in [1.807, 2.05) is 19.1 Å². The van der Waals surface area contributed by atoms with E-state index >= 15 is 0 Å². The van der Waals surface area contributed by atoms with Crippen molar-refractivity contribution in [2.45, 2.75) is 44.7 Å². The Morgan fingerprint density at radius 1 is 1.47 bits per heavy atom. The highest BCUT2D eigenvalue weighted by Crippen LogP contribution is 2.24. The van der Waals surface area contributed by atoms with Crippen LogP contribution in [0.1, 0.15) is 44.4 Å². The van der Waals surface area contributed by atoms with Gasteiger partial charge < -0.3 is 15.5 Å². The van der Waals surface area contributed by atoms with Crippen LogP contribution >= 0.6 is 0 Å². The van der Waals surface area contributed by atoms with E-state index in [-0.39, 0.29) is 23.9 Å². The van der Waals surface area contributed by atoms with E-state index in [0.29, 0.717) is 0 Å². The molecule has 1 amide bonds. The first-order chi connectivity index (χ1) is 8.16. The number of furan rings is 1. The minimum absolute atomic E-state index is 0.0619. The number of hydrogen-bond donors (Lipinski definition) is 2. The number of amides is 1. The van der Waals surface area contributed by atoms with Gasteiger partial charge in [0.25, 0.3) is 0 Å². The normalized spacial score (nSPS) is 26.5. The van der Waals surface area contributed by atoms with Gasteiger partial charge in [-0.2, -0.15) is 0 Å². The number of carbonyl (C=O) groups excluding carboxylic acids is 1. The zero-order chi connectivity index (χ0) is 12.3. The predicted molar refractivity (Wildman–Crippen MR) is 65.2 cm³/mol. The Balaban J connectivity index is 1.85. The first kappa shape index (κ1) is 12.2. The van der Waals surface area contributed by atoms with E-state index in [2.05, 4.69) is 5.32 Å². The van der Waals surface area contributed by atoms with Crippen molar-refractivity contribution in [1.82, 2.24) is 5.32 Å². The van der Waals surface area contributed by atoms with E-state index < -0.39 is 0 Å². The van der Waals surface area contributed by atoms with Crippen LogP contribution in [0.4, 0.5) is 0 Å². The largest absolute Gasteiger partial charge is 0.467 e. The van der Waals surface area contributed by atoms with Gasteiger partial charge in [-0.25, -0.2) is 0 Å². The maximum Gasteiger partial charge on any atom is 0.223 e. The van der Waals surface area contributed by atoms with Crippen LogP contribution in [0.3, 0.4) is 0 Å². The molecule has 1 aliphatic rings. The van der Waals surface area contributed by atoms with Crippen molar-refractivity contribution in [3.05, 3.63) is 24.2 Å². The fraction of sp³-hybridized carbons (Fsp3) is 0.615. The van der Waals surface area contributed by atoms with Crippen molar-refractivity contribution in [3.8, 4) is 0 Å². The molecule has 0 bridgehead atoms. The van der Waals surface area contributed by atoms with Gasteiger partial charge in [-0.05, 0) is 44.7 Å². The fourth-order valence-electron chi connectivity index (χ4n) is 2.32. The summed E-state index contributed by atoms with van der Waals surface area (Å²) in [6.45, 7) is 1.94. The first-order valence-electron chi connectivity index (χ1n) is 6.26. The molecule has 4 heteroatoms. The highest BCUT2D eigenvalue weighted by atomic mass is 16.3. The Bertz CT molecular complexity index is 354. The van der Waals surface area contributed by atoms with Crippen LogP contribution in [0.5, 0.6) is 0 Å². The summed E-state index contributed by atoms with van der Waals surface area (Å²) < 4.78 is 5.27. The van der Waals surface area contributed by atoms with Crippen molar-refractivity contribution in [3.63, 3.8) is 0 Å². The molecule has 0 aromatic carbocycles. The van der Waals surface area contributed by atoms with Crippen LogP contribution in [-0.4, -0.2) is 11.9 Å². The lowest BCUT2D eigenvalue weighted by molar-refractivity contribution is -0.126. The second kappa shape index (κ2) is 5.36. The lowest BCUT2D eigenvalue weighted by atomic mass is 9.86. The quantitative estimate of drug-likeness (QED) is 0.843. The van der Waals surface area contributed by atoms with Gasteiger partial charge in [-0.1, -0.05) is 0 Å². The molecule has 0 saturated heterocycles. The second-order valence-electron chi connectivity index (χ2n) is 4.86. The number of nitrogens with two attached hydrogens (primary N) is 1. The topological polar surface area (TPSA) is 68.3 Å². The molecule has 2 rings (SSSR count). The van der Waals surface area contributed by atoms with Crippen molar-refractivity contribution < 1.29 is 9.21 Å². The van der Waals surface area contributed by atoms with E-state index in [4.69, 9.17) is 10.2 Å². The minimum atomic E-state index is -0.0619. The van der Waals surface area contributed by atoms with Gasteiger partial charge in [0.2, 0.25) is 5.91 Å². The van der Waals surface area contributed by atoms with Crippen LogP contribution in [-0.2, 0) is 4.79 Å². The lowest BCUT2D eigenvalue weighted by Gasteiger charge is -2.26. The molecule has 17 heavy (non-hydrogen) atoms. The Hall–Kier alpha value is -1.29. The molecule has 3 N–H and O–H groups in total. The van der Waals surface area contributed by atoms with E-state index in [0.717, 1.165) is 31.4 Å². The highest BCUT2D eigenvalue weighted by Gasteiger charge is 2.25. The summed E-state index contributed by atoms with van der Waals surface area (Å²) in [5.74, 6) is 1.04. The Kier molecular flexibility index (Phi) is 3.84. The molecule has 0 unspecified atom stereocenters. The van der Waals surface area contributed by atoms with Crippen LogP contribution in [0.25, 0.3) is 0 Å². The van der Waals surface area contributed by atoms with Crippen LogP contribution < -0.4 is 11.1 Å². The van der Waals surface area contributed by atoms with Crippen molar-refractivity contribution >= 4 is 5.91 Å². The molecule has 1 aliphatic carbocycles. The third kappa shape index (κ3) is 3.09. The number of rotatable bonds is 3. The molecule has 4 nitrogen and oxygen atoms in total. The summed E-state index contributed by atoms with van der Waals surface area (Å²) in [5, 5.41) is 2.99. The van der Waals surface area contributed by atoms with E-state index in [1.165, 1.54) is 0 Å². The Morgan fingerprint density at radius 3 is 2.76 bits per heavy atom. The summed E-state index contributed by atoms with van der Waals surface area (Å²) in [6.07, 6.45) is 5.33. The SMILES string of the molecule is C[C@@H](NC(=O)C1CCC(N)CC1)c1ccco1. The zero-order valence-electron chi connectivity index (χ0n) is 10.2. The zero-order valence-corrected chi connectivity index (χ0v) is 10.2. The molecule has 94 valence electrons. The highest BCUT2D eigenvalue weighted by molar-refractivity contribution is 5.79. The lowest BCUT2D eigenvalue weighted by Crippen LogP contribution is -2.37. The standard InChI is InChI=1S/C13H20N2O2/c1-9(12-3-2-8-17-12)15-13(16)10-4-6-11(14)7-5-10/h2-3,8-11H,4-7,14H2,1H3,(H,15,16)/t9-,10?,11?/m1/s1. The van der Waals surface area contributed by atoms with Crippen molar-refractivity contribution in [2.24, 2.45) is 11.7 Å². The van der Waals surface area contributed by atoms with Gasteiger partial charge in [0.05, 0.1) is 12.3 Å². The summed E-state index contributed by atoms with van der Waals surface area (Å²) in [6, 6.07) is 3.92. The van der Waals surface area contributed by atoms with Crippen LogP contribution in [0, 0.1) is 5.92 Å². The van der Waals surface area contributed by atoms with Crippen molar-refractivity contribution in [2.75, 3.05) is 0 Å². The molecule has 0 aliphatic heterocycles. The molecule has 1 heterocycles. The van der Waals surface area contributed by atoms with E-state index in [1.54, 1.807) is 6.26 Å². The summed E-state index contributed by atoms with van der Waals surface area (Å²) in [7, 11) is 0. The monoisotopic (exact) mass is 236 g/mol. The fourth-order valence-corrected chi connectivity index (χ4v) is 2.32. The van der Waals surface area contributed by atoms with E-state index in [9.17, 15) is 4.79 Å². The first-order valence-corrected chi connectivity index (χ1v) is 6.26. The van der Waals surface area contributed by atoms with Crippen molar-refractivity contribution in [1.29, 1.82) is 0 Å². The number of nitrogens with one attached hydrogen (secondary N) is 1. The summed E-state index contributed by atoms with van der Waals surface area (Å²) >= 11 is 0. The predicted octanol–water partition coefficient (Wildman–Crippen LogP) is 1.97.